The first kappa shape index (κ1) is 15.6. The summed E-state index contributed by atoms with van der Waals surface area (Å²) >= 11 is 0. The van der Waals surface area contributed by atoms with E-state index in [1.165, 1.54) is 4.31 Å². The smallest absolute Gasteiger partial charge is 0.243 e. The molecule has 0 aliphatic carbocycles. The molecular weight excluding hydrogens is 304 g/mol. The van der Waals surface area contributed by atoms with Crippen molar-refractivity contribution >= 4 is 10.0 Å². The Bertz CT molecular complexity index is 647. The van der Waals surface area contributed by atoms with Crippen LogP contribution in [0.25, 0.3) is 0 Å². The maximum Gasteiger partial charge on any atom is 0.243 e. The summed E-state index contributed by atoms with van der Waals surface area (Å²) in [6, 6.07) is 4.80. The third-order valence-corrected chi connectivity index (χ3v) is 6.39. The molecule has 1 fully saturated rings. The standard InChI is InChI=1S/C15H22N2O4S/c1-11-4-5-17(10-12(11)9-16)22(18,19)13-2-3-14-15(8-13)21-7-6-20-14/h2-3,8,11-12H,4-7,9-10,16H2,1H3. The van der Waals surface area contributed by atoms with Gasteiger partial charge in [0.2, 0.25) is 10.0 Å². The second kappa shape index (κ2) is 6.06. The molecule has 0 radical (unpaired) electrons. The van der Waals surface area contributed by atoms with E-state index in [4.69, 9.17) is 15.2 Å². The Hall–Kier alpha value is -1.31. The van der Waals surface area contributed by atoms with Gasteiger partial charge >= 0.3 is 0 Å². The molecule has 1 aromatic rings. The number of fused-ring (bicyclic) bond motifs is 1. The number of hydrogen-bond acceptors (Lipinski definition) is 5. The number of benzene rings is 1. The molecule has 2 atom stereocenters. The fourth-order valence-corrected chi connectivity index (χ4v) is 4.50. The van der Waals surface area contributed by atoms with Crippen LogP contribution in [-0.2, 0) is 10.0 Å². The van der Waals surface area contributed by atoms with Crippen LogP contribution in [0.2, 0.25) is 0 Å². The van der Waals surface area contributed by atoms with Gasteiger partial charge in [0.1, 0.15) is 13.2 Å². The summed E-state index contributed by atoms with van der Waals surface area (Å²) in [6.45, 7) is 4.58. The summed E-state index contributed by atoms with van der Waals surface area (Å²) in [5, 5.41) is 0. The highest BCUT2D eigenvalue weighted by Crippen LogP contribution is 2.34. The van der Waals surface area contributed by atoms with Gasteiger partial charge in [0.05, 0.1) is 4.90 Å². The van der Waals surface area contributed by atoms with Crippen molar-refractivity contribution in [1.82, 2.24) is 4.31 Å². The molecule has 0 bridgehead atoms. The van der Waals surface area contributed by atoms with Gasteiger partial charge in [0, 0.05) is 19.2 Å². The number of hydrogen-bond donors (Lipinski definition) is 1. The summed E-state index contributed by atoms with van der Waals surface area (Å²) in [7, 11) is -3.52. The van der Waals surface area contributed by atoms with Crippen LogP contribution in [0.1, 0.15) is 13.3 Å². The van der Waals surface area contributed by atoms with Crippen molar-refractivity contribution in [3.8, 4) is 11.5 Å². The van der Waals surface area contributed by atoms with Gasteiger partial charge in [-0.25, -0.2) is 8.42 Å². The fourth-order valence-electron chi connectivity index (χ4n) is 2.97. The van der Waals surface area contributed by atoms with Gasteiger partial charge in [-0.05, 0) is 36.9 Å². The minimum absolute atomic E-state index is 0.209. The summed E-state index contributed by atoms with van der Waals surface area (Å²) in [4.78, 5) is 0.252. The zero-order valence-electron chi connectivity index (χ0n) is 12.7. The van der Waals surface area contributed by atoms with E-state index in [9.17, 15) is 8.42 Å². The first-order valence-corrected chi connectivity index (χ1v) is 9.06. The molecule has 2 unspecified atom stereocenters. The second-order valence-corrected chi connectivity index (χ2v) is 7.87. The number of sulfonamides is 1. The molecule has 2 heterocycles. The first-order chi connectivity index (χ1) is 10.5. The predicted octanol–water partition coefficient (Wildman–Crippen LogP) is 1.06. The van der Waals surface area contributed by atoms with Crippen molar-refractivity contribution in [2.45, 2.75) is 18.2 Å². The summed E-state index contributed by atoms with van der Waals surface area (Å²) < 4.78 is 38.1. The molecular formula is C15H22N2O4S. The molecule has 6 nitrogen and oxygen atoms in total. The van der Waals surface area contributed by atoms with Crippen LogP contribution in [0.3, 0.4) is 0 Å². The first-order valence-electron chi connectivity index (χ1n) is 7.62. The molecule has 22 heavy (non-hydrogen) atoms. The third kappa shape index (κ3) is 2.80. The van der Waals surface area contributed by atoms with Gasteiger partial charge < -0.3 is 15.2 Å². The minimum Gasteiger partial charge on any atom is -0.486 e. The maximum atomic E-state index is 12.8. The van der Waals surface area contributed by atoms with Crippen LogP contribution < -0.4 is 15.2 Å². The van der Waals surface area contributed by atoms with Crippen molar-refractivity contribution in [2.75, 3.05) is 32.8 Å². The lowest BCUT2D eigenvalue weighted by Crippen LogP contribution is -2.45. The van der Waals surface area contributed by atoms with Gasteiger partial charge in [0.25, 0.3) is 0 Å². The summed E-state index contributed by atoms with van der Waals surface area (Å²) in [5.41, 5.74) is 5.77. The van der Waals surface area contributed by atoms with E-state index < -0.39 is 10.0 Å². The van der Waals surface area contributed by atoms with E-state index in [1.807, 2.05) is 0 Å². The highest BCUT2D eigenvalue weighted by molar-refractivity contribution is 7.89. The van der Waals surface area contributed by atoms with Crippen molar-refractivity contribution in [1.29, 1.82) is 0 Å². The Morgan fingerprint density at radius 3 is 2.73 bits per heavy atom. The molecule has 0 amide bonds. The number of rotatable bonds is 3. The van der Waals surface area contributed by atoms with Crippen LogP contribution in [0.15, 0.2) is 23.1 Å². The molecule has 1 saturated heterocycles. The van der Waals surface area contributed by atoms with Crippen LogP contribution >= 0.6 is 0 Å². The van der Waals surface area contributed by atoms with Crippen molar-refractivity contribution < 1.29 is 17.9 Å². The molecule has 122 valence electrons. The van der Waals surface area contributed by atoms with Crippen molar-refractivity contribution in [2.24, 2.45) is 17.6 Å². The van der Waals surface area contributed by atoms with E-state index >= 15 is 0 Å². The van der Waals surface area contributed by atoms with Crippen molar-refractivity contribution in [3.05, 3.63) is 18.2 Å². The Morgan fingerprint density at radius 1 is 1.27 bits per heavy atom. The van der Waals surface area contributed by atoms with Crippen LogP contribution in [0.4, 0.5) is 0 Å². The Balaban J connectivity index is 1.86. The molecule has 1 aromatic carbocycles. The van der Waals surface area contributed by atoms with E-state index in [-0.39, 0.29) is 10.8 Å². The van der Waals surface area contributed by atoms with Gasteiger partial charge in [-0.1, -0.05) is 6.92 Å². The Kier molecular flexibility index (Phi) is 4.29. The van der Waals surface area contributed by atoms with Gasteiger partial charge in [-0.3, -0.25) is 0 Å². The molecule has 3 rings (SSSR count). The highest BCUT2D eigenvalue weighted by atomic mass is 32.2. The van der Waals surface area contributed by atoms with E-state index in [0.29, 0.717) is 50.3 Å². The topological polar surface area (TPSA) is 81.9 Å². The summed E-state index contributed by atoms with van der Waals surface area (Å²) in [6.07, 6.45) is 0.839. The molecule has 2 aliphatic heterocycles. The largest absolute Gasteiger partial charge is 0.486 e. The SMILES string of the molecule is CC1CCN(S(=O)(=O)c2ccc3c(c2)OCCO3)CC1CN. The number of nitrogens with zero attached hydrogens (tertiary/aromatic N) is 1. The average Bonchev–Trinajstić information content (AvgIpc) is 2.54. The Labute approximate surface area is 131 Å². The van der Waals surface area contributed by atoms with Gasteiger partial charge in [-0.15, -0.1) is 0 Å². The van der Waals surface area contributed by atoms with Gasteiger partial charge in [0.15, 0.2) is 11.5 Å². The maximum absolute atomic E-state index is 12.8. The number of nitrogens with two attached hydrogens (primary N) is 1. The number of piperidine rings is 1. The lowest BCUT2D eigenvalue weighted by Gasteiger charge is -2.35. The Morgan fingerprint density at radius 2 is 2.00 bits per heavy atom. The second-order valence-electron chi connectivity index (χ2n) is 5.93. The zero-order valence-corrected chi connectivity index (χ0v) is 13.5. The molecule has 2 N–H and O–H groups in total. The molecule has 0 aromatic heterocycles. The predicted molar refractivity (Wildman–Crippen MR) is 82.5 cm³/mol. The fraction of sp³-hybridized carbons (Fsp3) is 0.600. The van der Waals surface area contributed by atoms with E-state index in [2.05, 4.69) is 6.92 Å². The molecule has 0 spiro atoms. The van der Waals surface area contributed by atoms with Gasteiger partial charge in [-0.2, -0.15) is 4.31 Å². The highest BCUT2D eigenvalue weighted by Gasteiger charge is 2.33. The average molecular weight is 326 g/mol. The zero-order chi connectivity index (χ0) is 15.7. The lowest BCUT2D eigenvalue weighted by atomic mass is 9.88. The van der Waals surface area contributed by atoms with Crippen LogP contribution in [0.5, 0.6) is 11.5 Å². The number of ether oxygens (including phenoxy) is 2. The third-order valence-electron chi connectivity index (χ3n) is 4.53. The quantitative estimate of drug-likeness (QED) is 0.898. The normalized spacial score (nSPS) is 25.9. The molecule has 7 heteroatoms. The van der Waals surface area contributed by atoms with Crippen molar-refractivity contribution in [3.63, 3.8) is 0 Å². The minimum atomic E-state index is -3.52. The summed E-state index contributed by atoms with van der Waals surface area (Å²) in [5.74, 6) is 1.75. The monoisotopic (exact) mass is 326 g/mol. The van der Waals surface area contributed by atoms with E-state index in [1.54, 1.807) is 18.2 Å². The molecule has 0 saturated carbocycles. The molecule has 2 aliphatic rings. The van der Waals surface area contributed by atoms with E-state index in [0.717, 1.165) is 6.42 Å². The van der Waals surface area contributed by atoms with Crippen LogP contribution in [-0.4, -0.2) is 45.6 Å². The lowest BCUT2D eigenvalue weighted by molar-refractivity contribution is 0.171. The van der Waals surface area contributed by atoms with Crippen LogP contribution in [0, 0.1) is 11.8 Å².